The first-order valence-electron chi connectivity index (χ1n) is 9.04. The second kappa shape index (κ2) is 6.72. The molecule has 0 fully saturated rings. The predicted octanol–water partition coefficient (Wildman–Crippen LogP) is 4.02. The molecule has 0 atom stereocenters. The molecule has 5 rings (SSSR count). The number of hydrogen-bond donors (Lipinski definition) is 3. The molecule has 1 amide bonds. The summed E-state index contributed by atoms with van der Waals surface area (Å²) < 4.78 is 0. The molecule has 0 saturated carbocycles. The maximum Gasteiger partial charge on any atom is 0.252 e. The number of H-pyrrole nitrogens is 1. The van der Waals surface area contributed by atoms with Crippen LogP contribution in [0.4, 0.5) is 11.5 Å². The lowest BCUT2D eigenvalue weighted by molar-refractivity contribution is 0.100. The molecule has 4 N–H and O–H groups in total. The number of primary amides is 1. The molecule has 0 aliphatic rings. The van der Waals surface area contributed by atoms with Gasteiger partial charge in [-0.25, -0.2) is 0 Å². The van der Waals surface area contributed by atoms with Crippen molar-refractivity contribution in [1.29, 1.82) is 0 Å². The fourth-order valence-corrected chi connectivity index (χ4v) is 3.42. The first kappa shape index (κ1) is 16.9. The predicted molar refractivity (Wildman–Crippen MR) is 113 cm³/mol. The minimum atomic E-state index is -0.556. The van der Waals surface area contributed by atoms with Gasteiger partial charge in [-0.3, -0.25) is 19.9 Å². The number of hydrogen-bond acceptors (Lipinski definition) is 5. The first-order valence-corrected chi connectivity index (χ1v) is 9.04. The Balaban J connectivity index is 1.67. The quantitative estimate of drug-likeness (QED) is 0.436. The number of amides is 1. The van der Waals surface area contributed by atoms with Gasteiger partial charge < -0.3 is 11.1 Å². The van der Waals surface area contributed by atoms with E-state index in [-0.39, 0.29) is 0 Å². The normalized spacial score (nSPS) is 11.0. The Bertz CT molecular complexity index is 1360. The van der Waals surface area contributed by atoms with Crippen LogP contribution in [0.25, 0.3) is 32.9 Å². The van der Waals surface area contributed by atoms with Crippen LogP contribution in [0.2, 0.25) is 0 Å². The van der Waals surface area contributed by atoms with Gasteiger partial charge >= 0.3 is 0 Å². The van der Waals surface area contributed by atoms with Crippen LogP contribution in [0.15, 0.2) is 73.2 Å². The molecule has 7 heteroatoms. The number of rotatable bonds is 4. The van der Waals surface area contributed by atoms with Crippen molar-refractivity contribution in [3.63, 3.8) is 0 Å². The molecular formula is C22H16N6O. The van der Waals surface area contributed by atoms with Crippen molar-refractivity contribution in [3.8, 4) is 11.1 Å². The Hall–Kier alpha value is -4.26. The Morgan fingerprint density at radius 1 is 0.966 bits per heavy atom. The Morgan fingerprint density at radius 3 is 2.62 bits per heavy atom. The molecule has 29 heavy (non-hydrogen) atoms. The second-order valence-corrected chi connectivity index (χ2v) is 6.62. The largest absolute Gasteiger partial charge is 0.365 e. The Morgan fingerprint density at radius 2 is 1.79 bits per heavy atom. The highest BCUT2D eigenvalue weighted by molar-refractivity contribution is 6.09. The number of nitrogens with one attached hydrogen (secondary N) is 2. The van der Waals surface area contributed by atoms with Crippen molar-refractivity contribution in [2.24, 2.45) is 5.73 Å². The molecule has 5 aromatic rings. The van der Waals surface area contributed by atoms with E-state index < -0.39 is 5.91 Å². The number of carbonyl (C=O) groups is 1. The Labute approximate surface area is 165 Å². The Kier molecular flexibility index (Phi) is 3.91. The fraction of sp³-hybridized carbons (Fsp3) is 0. The summed E-state index contributed by atoms with van der Waals surface area (Å²) in [6, 6.07) is 17.5. The van der Waals surface area contributed by atoms with Crippen LogP contribution in [-0.4, -0.2) is 26.1 Å². The first-order chi connectivity index (χ1) is 14.2. The van der Waals surface area contributed by atoms with Gasteiger partial charge in [0.15, 0.2) is 5.82 Å². The van der Waals surface area contributed by atoms with Crippen LogP contribution in [-0.2, 0) is 0 Å². The van der Waals surface area contributed by atoms with Crippen LogP contribution in [0, 0.1) is 0 Å². The molecule has 0 aliphatic heterocycles. The third kappa shape index (κ3) is 2.94. The van der Waals surface area contributed by atoms with E-state index in [2.05, 4.69) is 25.5 Å². The van der Waals surface area contributed by atoms with Gasteiger partial charge in [-0.05, 0) is 41.5 Å². The van der Waals surface area contributed by atoms with Gasteiger partial charge in [-0.2, -0.15) is 5.10 Å². The van der Waals surface area contributed by atoms with Gasteiger partial charge in [-0.15, -0.1) is 0 Å². The average Bonchev–Trinajstić information content (AvgIpc) is 3.17. The van der Waals surface area contributed by atoms with E-state index in [4.69, 9.17) is 5.73 Å². The zero-order chi connectivity index (χ0) is 19.8. The van der Waals surface area contributed by atoms with Crippen LogP contribution in [0.5, 0.6) is 0 Å². The second-order valence-electron chi connectivity index (χ2n) is 6.62. The van der Waals surface area contributed by atoms with Crippen LogP contribution in [0.1, 0.15) is 10.4 Å². The summed E-state index contributed by atoms with van der Waals surface area (Å²) in [6.45, 7) is 0. The number of aromatic nitrogens is 4. The van der Waals surface area contributed by atoms with Crippen molar-refractivity contribution < 1.29 is 4.79 Å². The zero-order valence-corrected chi connectivity index (χ0v) is 15.3. The van der Waals surface area contributed by atoms with E-state index in [9.17, 15) is 4.79 Å². The van der Waals surface area contributed by atoms with Gasteiger partial charge in [0.05, 0.1) is 22.3 Å². The highest BCUT2D eigenvalue weighted by Gasteiger charge is 2.16. The number of fused-ring (bicyclic) bond motifs is 2. The lowest BCUT2D eigenvalue weighted by Gasteiger charge is -2.13. The average molecular weight is 380 g/mol. The van der Waals surface area contributed by atoms with E-state index in [0.717, 1.165) is 32.9 Å². The summed E-state index contributed by atoms with van der Waals surface area (Å²) in [7, 11) is 0. The fourth-order valence-electron chi connectivity index (χ4n) is 3.42. The van der Waals surface area contributed by atoms with E-state index in [1.807, 2.05) is 54.6 Å². The molecule has 0 aliphatic carbocycles. The lowest BCUT2D eigenvalue weighted by atomic mass is 10.0. The van der Waals surface area contributed by atoms with Gasteiger partial charge in [0.1, 0.15) is 0 Å². The molecule has 0 saturated heterocycles. The summed E-state index contributed by atoms with van der Waals surface area (Å²) in [5, 5.41) is 12.3. The molecule has 3 heterocycles. The number of para-hydroxylation sites is 1. The third-order valence-electron chi connectivity index (χ3n) is 4.86. The van der Waals surface area contributed by atoms with E-state index in [0.29, 0.717) is 17.1 Å². The molecule has 0 bridgehead atoms. The van der Waals surface area contributed by atoms with E-state index in [1.165, 1.54) is 6.20 Å². The van der Waals surface area contributed by atoms with Gasteiger partial charge in [0, 0.05) is 29.4 Å². The van der Waals surface area contributed by atoms with Gasteiger partial charge in [0.2, 0.25) is 0 Å². The smallest absolute Gasteiger partial charge is 0.252 e. The maximum atomic E-state index is 12.1. The number of pyridine rings is 2. The molecule has 140 valence electrons. The summed E-state index contributed by atoms with van der Waals surface area (Å²) in [4.78, 5) is 20.6. The zero-order valence-electron chi connectivity index (χ0n) is 15.3. The monoisotopic (exact) mass is 380 g/mol. The molecule has 7 nitrogen and oxygen atoms in total. The molecule has 0 spiro atoms. The number of benzene rings is 2. The van der Waals surface area contributed by atoms with Crippen molar-refractivity contribution >= 4 is 39.2 Å². The van der Waals surface area contributed by atoms with E-state index >= 15 is 0 Å². The number of carbonyl (C=O) groups excluding carboxylic acids is 1. The van der Waals surface area contributed by atoms with Crippen LogP contribution < -0.4 is 11.1 Å². The third-order valence-corrected chi connectivity index (χ3v) is 4.86. The highest BCUT2D eigenvalue weighted by atomic mass is 16.1. The summed E-state index contributed by atoms with van der Waals surface area (Å²) in [5.41, 5.74) is 10.2. The topological polar surface area (TPSA) is 110 Å². The molecular weight excluding hydrogens is 364 g/mol. The molecule has 0 radical (unpaired) electrons. The van der Waals surface area contributed by atoms with Crippen molar-refractivity contribution in [2.75, 3.05) is 5.32 Å². The van der Waals surface area contributed by atoms with Crippen molar-refractivity contribution in [1.82, 2.24) is 20.2 Å². The summed E-state index contributed by atoms with van der Waals surface area (Å²) >= 11 is 0. The molecule has 3 aromatic heterocycles. The summed E-state index contributed by atoms with van der Waals surface area (Å²) in [6.07, 6.45) is 5.00. The standard InChI is InChI=1S/C22H16N6O/c23-21(29)17-12-25-19-11-14(13-7-9-24-10-8-13)5-6-15(19)20(17)26-22-16-3-1-2-4-18(16)27-28-22/h1-12H,(H2,23,29)(H2,25,26,27,28). The minimum absolute atomic E-state index is 0.307. The maximum absolute atomic E-state index is 12.1. The lowest BCUT2D eigenvalue weighted by Crippen LogP contribution is -2.14. The van der Waals surface area contributed by atoms with Crippen molar-refractivity contribution in [2.45, 2.75) is 0 Å². The van der Waals surface area contributed by atoms with Gasteiger partial charge in [0.25, 0.3) is 5.91 Å². The van der Waals surface area contributed by atoms with Gasteiger partial charge in [-0.1, -0.05) is 24.3 Å². The van der Waals surface area contributed by atoms with E-state index in [1.54, 1.807) is 12.4 Å². The number of nitrogens with zero attached hydrogens (tertiary/aromatic N) is 3. The summed E-state index contributed by atoms with van der Waals surface area (Å²) in [5.74, 6) is 0.0637. The van der Waals surface area contributed by atoms with Crippen LogP contribution in [0.3, 0.4) is 0 Å². The number of nitrogens with two attached hydrogens (primary N) is 1. The molecule has 2 aromatic carbocycles. The molecule has 0 unspecified atom stereocenters. The van der Waals surface area contributed by atoms with Crippen molar-refractivity contribution in [3.05, 3.63) is 78.8 Å². The SMILES string of the molecule is NC(=O)c1cnc2cc(-c3ccncc3)ccc2c1Nc1n[nH]c2ccccc12. The number of anilines is 2. The van der Waals surface area contributed by atoms with Crippen LogP contribution >= 0.6 is 0 Å². The minimum Gasteiger partial charge on any atom is -0.365 e. The number of aromatic amines is 1. The highest BCUT2D eigenvalue weighted by Crippen LogP contribution is 2.33.